The lowest BCUT2D eigenvalue weighted by molar-refractivity contribution is 0.391. The molecule has 2 N–H and O–H groups in total. The molecule has 3 heterocycles. The summed E-state index contributed by atoms with van der Waals surface area (Å²) in [6.07, 6.45) is 3.13. The zero-order chi connectivity index (χ0) is 16.9. The molecule has 7 heteroatoms. The van der Waals surface area contributed by atoms with E-state index in [9.17, 15) is 0 Å². The molecule has 0 amide bonds. The van der Waals surface area contributed by atoms with Crippen LogP contribution in [0.2, 0.25) is 0 Å². The summed E-state index contributed by atoms with van der Waals surface area (Å²) in [6.45, 7) is 5.98. The number of aliphatic imine (C=N–C) groups is 1. The molecule has 0 spiro atoms. The highest BCUT2D eigenvalue weighted by molar-refractivity contribution is 7.09. The molecule has 0 saturated heterocycles. The van der Waals surface area contributed by atoms with Crippen LogP contribution in [0.15, 0.2) is 22.5 Å². The number of hydrogen-bond donors (Lipinski definition) is 2. The highest BCUT2D eigenvalue weighted by Gasteiger charge is 2.21. The van der Waals surface area contributed by atoms with E-state index in [1.165, 1.54) is 4.88 Å². The number of aryl methyl sites for hydroxylation is 2. The molecule has 1 aliphatic rings. The summed E-state index contributed by atoms with van der Waals surface area (Å²) >= 11 is 1.83. The fourth-order valence-corrected chi connectivity index (χ4v) is 3.92. The summed E-state index contributed by atoms with van der Waals surface area (Å²) in [5, 5.41) is 13.6. The van der Waals surface area contributed by atoms with E-state index in [1.807, 2.05) is 30.0 Å². The van der Waals surface area contributed by atoms with Gasteiger partial charge < -0.3 is 10.6 Å². The van der Waals surface area contributed by atoms with Crippen molar-refractivity contribution in [2.24, 2.45) is 10.9 Å². The van der Waals surface area contributed by atoms with Crippen LogP contribution in [0.5, 0.6) is 0 Å². The first-order valence-electron chi connectivity index (χ1n) is 8.54. The minimum absolute atomic E-state index is 0.345. The van der Waals surface area contributed by atoms with E-state index in [0.29, 0.717) is 12.0 Å². The Balaban J connectivity index is 1.47. The fourth-order valence-electron chi connectivity index (χ4n) is 3.05. The van der Waals surface area contributed by atoms with Crippen molar-refractivity contribution >= 4 is 17.3 Å². The highest BCUT2D eigenvalue weighted by Crippen LogP contribution is 2.14. The molecular formula is C17H26N6S. The Morgan fingerprint density at radius 1 is 1.54 bits per heavy atom. The highest BCUT2D eigenvalue weighted by atomic mass is 32.1. The molecular weight excluding hydrogens is 320 g/mol. The Bertz CT molecular complexity index is 675. The number of nitrogens with one attached hydrogen (secondary N) is 2. The molecule has 0 aromatic carbocycles. The predicted molar refractivity (Wildman–Crippen MR) is 98.6 cm³/mol. The second-order valence-corrected chi connectivity index (χ2v) is 7.51. The van der Waals surface area contributed by atoms with Crippen LogP contribution >= 0.6 is 11.3 Å². The molecule has 2 atom stereocenters. The van der Waals surface area contributed by atoms with Crippen LogP contribution < -0.4 is 10.6 Å². The van der Waals surface area contributed by atoms with Gasteiger partial charge in [0.05, 0.1) is 6.54 Å². The molecule has 24 heavy (non-hydrogen) atoms. The Labute approximate surface area is 147 Å². The number of guanidine groups is 1. The van der Waals surface area contributed by atoms with E-state index in [2.05, 4.69) is 50.1 Å². The van der Waals surface area contributed by atoms with Gasteiger partial charge in [0.15, 0.2) is 5.96 Å². The monoisotopic (exact) mass is 346 g/mol. The van der Waals surface area contributed by atoms with Gasteiger partial charge in [-0.3, -0.25) is 4.99 Å². The number of rotatable bonds is 5. The average molecular weight is 347 g/mol. The van der Waals surface area contributed by atoms with Gasteiger partial charge in [0.1, 0.15) is 11.6 Å². The lowest BCUT2D eigenvalue weighted by Gasteiger charge is -2.26. The Morgan fingerprint density at radius 3 is 3.17 bits per heavy atom. The SMILES string of the molecule is CN=C(NCC(C)Cc1cccs1)NC1CCc2nc(C)nn2C1. The maximum atomic E-state index is 4.46. The van der Waals surface area contributed by atoms with Crippen LogP contribution in [-0.2, 0) is 19.4 Å². The smallest absolute Gasteiger partial charge is 0.191 e. The van der Waals surface area contributed by atoms with Crippen LogP contribution in [0.1, 0.15) is 29.9 Å². The van der Waals surface area contributed by atoms with Crippen molar-refractivity contribution in [1.82, 2.24) is 25.4 Å². The molecule has 2 unspecified atom stereocenters. The van der Waals surface area contributed by atoms with Gasteiger partial charge in [-0.25, -0.2) is 9.67 Å². The molecule has 3 rings (SSSR count). The number of fused-ring (bicyclic) bond motifs is 1. The van der Waals surface area contributed by atoms with Crippen molar-refractivity contribution in [2.45, 2.75) is 45.7 Å². The largest absolute Gasteiger partial charge is 0.356 e. The zero-order valence-electron chi connectivity index (χ0n) is 14.6. The molecule has 0 aliphatic carbocycles. The van der Waals surface area contributed by atoms with E-state index in [4.69, 9.17) is 0 Å². The Kier molecular flexibility index (Phi) is 5.50. The standard InChI is InChI=1S/C17H26N6S/c1-12(9-15-5-4-8-24-15)10-19-17(18-3)21-14-6-7-16-20-13(2)22-23(16)11-14/h4-5,8,12,14H,6-7,9-11H2,1-3H3,(H2,18,19,21). The lowest BCUT2D eigenvalue weighted by Crippen LogP contribution is -2.48. The first-order valence-corrected chi connectivity index (χ1v) is 9.42. The molecule has 0 fully saturated rings. The molecule has 6 nitrogen and oxygen atoms in total. The van der Waals surface area contributed by atoms with Crippen LogP contribution in [0.3, 0.4) is 0 Å². The molecule has 0 saturated carbocycles. The van der Waals surface area contributed by atoms with E-state index in [0.717, 1.165) is 50.0 Å². The van der Waals surface area contributed by atoms with E-state index in [1.54, 1.807) is 0 Å². The third-order valence-electron chi connectivity index (χ3n) is 4.28. The first kappa shape index (κ1) is 17.0. The number of aromatic nitrogens is 3. The summed E-state index contributed by atoms with van der Waals surface area (Å²) in [5.74, 6) is 3.39. The van der Waals surface area contributed by atoms with Gasteiger partial charge in [0.2, 0.25) is 0 Å². The normalized spacial score (nSPS) is 19.0. The van der Waals surface area contributed by atoms with E-state index < -0.39 is 0 Å². The van der Waals surface area contributed by atoms with Crippen LogP contribution in [0.4, 0.5) is 0 Å². The van der Waals surface area contributed by atoms with Gasteiger partial charge in [0.25, 0.3) is 0 Å². The van der Waals surface area contributed by atoms with Crippen LogP contribution in [0, 0.1) is 12.8 Å². The molecule has 1 aliphatic heterocycles. The minimum Gasteiger partial charge on any atom is -0.356 e. The molecule has 0 bridgehead atoms. The molecule has 2 aromatic heterocycles. The third kappa shape index (κ3) is 4.35. The topological polar surface area (TPSA) is 67.1 Å². The number of nitrogens with zero attached hydrogens (tertiary/aromatic N) is 4. The maximum absolute atomic E-state index is 4.46. The van der Waals surface area contributed by atoms with Crippen molar-refractivity contribution in [3.8, 4) is 0 Å². The lowest BCUT2D eigenvalue weighted by atomic mass is 10.1. The van der Waals surface area contributed by atoms with Crippen molar-refractivity contribution in [2.75, 3.05) is 13.6 Å². The van der Waals surface area contributed by atoms with Crippen molar-refractivity contribution in [1.29, 1.82) is 0 Å². The molecule has 2 aromatic rings. The summed E-state index contributed by atoms with van der Waals surface area (Å²) in [6, 6.07) is 4.66. The van der Waals surface area contributed by atoms with Gasteiger partial charge in [-0.2, -0.15) is 5.10 Å². The van der Waals surface area contributed by atoms with Gasteiger partial charge in [-0.1, -0.05) is 13.0 Å². The molecule has 130 valence electrons. The maximum Gasteiger partial charge on any atom is 0.191 e. The van der Waals surface area contributed by atoms with E-state index >= 15 is 0 Å². The Morgan fingerprint density at radius 2 is 2.42 bits per heavy atom. The second kappa shape index (κ2) is 7.79. The summed E-state index contributed by atoms with van der Waals surface area (Å²) in [7, 11) is 1.83. The van der Waals surface area contributed by atoms with E-state index in [-0.39, 0.29) is 0 Å². The second-order valence-electron chi connectivity index (χ2n) is 6.48. The quantitative estimate of drug-likeness (QED) is 0.642. The predicted octanol–water partition coefficient (Wildman–Crippen LogP) is 2.01. The molecule has 0 radical (unpaired) electrons. The summed E-state index contributed by atoms with van der Waals surface area (Å²) in [4.78, 5) is 10.3. The van der Waals surface area contributed by atoms with Gasteiger partial charge in [-0.05, 0) is 37.1 Å². The van der Waals surface area contributed by atoms with Crippen molar-refractivity contribution in [3.05, 3.63) is 34.0 Å². The van der Waals surface area contributed by atoms with Crippen LogP contribution in [0.25, 0.3) is 0 Å². The fraction of sp³-hybridized carbons (Fsp3) is 0.588. The zero-order valence-corrected chi connectivity index (χ0v) is 15.4. The number of thiophene rings is 1. The summed E-state index contributed by atoms with van der Waals surface area (Å²) < 4.78 is 2.02. The third-order valence-corrected chi connectivity index (χ3v) is 5.17. The summed E-state index contributed by atoms with van der Waals surface area (Å²) in [5.41, 5.74) is 0. The number of hydrogen-bond acceptors (Lipinski definition) is 4. The average Bonchev–Trinajstić information content (AvgIpc) is 3.19. The first-order chi connectivity index (χ1) is 11.6. The van der Waals surface area contributed by atoms with Gasteiger partial charge in [-0.15, -0.1) is 11.3 Å². The minimum atomic E-state index is 0.345. The van der Waals surface area contributed by atoms with Crippen molar-refractivity contribution in [3.63, 3.8) is 0 Å². The van der Waals surface area contributed by atoms with Crippen LogP contribution in [-0.4, -0.2) is 40.4 Å². The van der Waals surface area contributed by atoms with Crippen molar-refractivity contribution < 1.29 is 0 Å². The van der Waals surface area contributed by atoms with Gasteiger partial charge >= 0.3 is 0 Å². The Hall–Kier alpha value is -1.89. The van der Waals surface area contributed by atoms with Gasteiger partial charge in [0, 0.05) is 30.9 Å².